The molecule has 0 atom stereocenters. The molecule has 0 unspecified atom stereocenters. The summed E-state index contributed by atoms with van der Waals surface area (Å²) in [4.78, 5) is 12.2. The molecule has 0 saturated carbocycles. The van der Waals surface area contributed by atoms with Gasteiger partial charge in [-0.25, -0.2) is 0 Å². The zero-order valence-corrected chi connectivity index (χ0v) is 12.5. The Kier molecular flexibility index (Phi) is 3.51. The SMILES string of the molecule is O=c1cc(-c2nn[nH]n2)oc2cc(OCc3ccccc3)ccc12. The van der Waals surface area contributed by atoms with Crippen LogP contribution in [0.1, 0.15) is 5.56 Å². The summed E-state index contributed by atoms with van der Waals surface area (Å²) in [5.41, 5.74) is 1.29. The first-order chi connectivity index (χ1) is 11.8. The fourth-order valence-corrected chi connectivity index (χ4v) is 2.34. The smallest absolute Gasteiger partial charge is 0.239 e. The highest BCUT2D eigenvalue weighted by Crippen LogP contribution is 2.23. The molecule has 7 heteroatoms. The van der Waals surface area contributed by atoms with Crippen LogP contribution in [0.25, 0.3) is 22.6 Å². The molecule has 0 spiro atoms. The van der Waals surface area contributed by atoms with E-state index in [4.69, 9.17) is 9.15 Å². The normalized spacial score (nSPS) is 10.8. The number of H-pyrrole nitrogens is 1. The van der Waals surface area contributed by atoms with Crippen molar-refractivity contribution in [3.63, 3.8) is 0 Å². The molecule has 24 heavy (non-hydrogen) atoms. The van der Waals surface area contributed by atoms with Gasteiger partial charge in [-0.2, -0.15) is 5.21 Å². The average molecular weight is 320 g/mol. The topological polar surface area (TPSA) is 93.9 Å². The summed E-state index contributed by atoms with van der Waals surface area (Å²) in [7, 11) is 0. The van der Waals surface area contributed by atoms with E-state index in [1.165, 1.54) is 6.07 Å². The van der Waals surface area contributed by atoms with Gasteiger partial charge in [0.2, 0.25) is 5.82 Å². The maximum atomic E-state index is 12.2. The van der Waals surface area contributed by atoms with Gasteiger partial charge in [0.25, 0.3) is 0 Å². The molecular formula is C17H12N4O3. The number of tetrazole rings is 1. The second kappa shape index (κ2) is 5.96. The van der Waals surface area contributed by atoms with Crippen molar-refractivity contribution in [2.75, 3.05) is 0 Å². The minimum Gasteiger partial charge on any atom is -0.489 e. The molecule has 0 radical (unpaired) electrons. The number of ether oxygens (including phenoxy) is 1. The van der Waals surface area contributed by atoms with E-state index in [0.29, 0.717) is 23.3 Å². The molecule has 0 bridgehead atoms. The molecule has 2 heterocycles. The first-order valence-corrected chi connectivity index (χ1v) is 7.28. The molecule has 4 rings (SSSR count). The number of hydrogen-bond acceptors (Lipinski definition) is 6. The summed E-state index contributed by atoms with van der Waals surface area (Å²) >= 11 is 0. The molecule has 0 aliphatic carbocycles. The predicted octanol–water partition coefficient (Wildman–Crippen LogP) is 2.55. The van der Waals surface area contributed by atoms with Gasteiger partial charge < -0.3 is 9.15 Å². The number of hydrogen-bond donors (Lipinski definition) is 1. The van der Waals surface area contributed by atoms with Crippen LogP contribution in [-0.4, -0.2) is 20.6 Å². The molecule has 0 fully saturated rings. The third-order valence-electron chi connectivity index (χ3n) is 3.51. The first-order valence-electron chi connectivity index (χ1n) is 7.28. The molecule has 118 valence electrons. The van der Waals surface area contributed by atoms with Gasteiger partial charge in [-0.1, -0.05) is 30.3 Å². The zero-order valence-electron chi connectivity index (χ0n) is 12.5. The summed E-state index contributed by atoms with van der Waals surface area (Å²) in [5, 5.41) is 13.9. The number of aromatic amines is 1. The Hall–Kier alpha value is -3.48. The van der Waals surface area contributed by atoms with Gasteiger partial charge in [0.15, 0.2) is 11.2 Å². The van der Waals surface area contributed by atoms with E-state index in [1.807, 2.05) is 30.3 Å². The fraction of sp³-hybridized carbons (Fsp3) is 0.0588. The number of nitrogens with zero attached hydrogens (tertiary/aromatic N) is 3. The molecule has 2 aromatic heterocycles. The third-order valence-corrected chi connectivity index (χ3v) is 3.51. The maximum Gasteiger partial charge on any atom is 0.239 e. The van der Waals surface area contributed by atoms with Crippen LogP contribution in [0, 0.1) is 0 Å². The maximum absolute atomic E-state index is 12.2. The van der Waals surface area contributed by atoms with Crippen molar-refractivity contribution in [2.45, 2.75) is 6.61 Å². The van der Waals surface area contributed by atoms with Crippen molar-refractivity contribution < 1.29 is 9.15 Å². The first kappa shape index (κ1) is 14.1. The molecular weight excluding hydrogens is 308 g/mol. The van der Waals surface area contributed by atoms with Crippen LogP contribution in [0.5, 0.6) is 5.75 Å². The van der Waals surface area contributed by atoms with Crippen molar-refractivity contribution in [3.8, 4) is 17.3 Å². The van der Waals surface area contributed by atoms with Crippen molar-refractivity contribution in [1.29, 1.82) is 0 Å². The standard InChI is InChI=1S/C17H12N4O3/c22-14-9-16(17-18-20-21-19-17)24-15-8-12(6-7-13(14)15)23-10-11-4-2-1-3-5-11/h1-9H,10H2,(H,18,19,20,21). The van der Waals surface area contributed by atoms with E-state index in [0.717, 1.165) is 5.56 Å². The number of benzene rings is 2. The Morgan fingerprint density at radius 1 is 1.08 bits per heavy atom. The van der Waals surface area contributed by atoms with E-state index in [2.05, 4.69) is 20.6 Å². The van der Waals surface area contributed by atoms with Crippen LogP contribution in [0.3, 0.4) is 0 Å². The van der Waals surface area contributed by atoms with Crippen LogP contribution in [-0.2, 0) is 6.61 Å². The summed E-state index contributed by atoms with van der Waals surface area (Å²) in [6.45, 7) is 0.432. The minimum atomic E-state index is -0.175. The lowest BCUT2D eigenvalue weighted by molar-refractivity contribution is 0.306. The van der Waals surface area contributed by atoms with Crippen molar-refractivity contribution >= 4 is 11.0 Å². The Balaban J connectivity index is 1.67. The molecule has 0 saturated heterocycles. The molecule has 7 nitrogen and oxygen atoms in total. The molecule has 0 aliphatic heterocycles. The van der Waals surface area contributed by atoms with Crippen molar-refractivity contribution in [1.82, 2.24) is 20.6 Å². The highest BCUT2D eigenvalue weighted by molar-refractivity contribution is 5.79. The summed E-state index contributed by atoms with van der Waals surface area (Å²) in [6.07, 6.45) is 0. The lowest BCUT2D eigenvalue weighted by Crippen LogP contribution is -2.01. The average Bonchev–Trinajstić information content (AvgIpc) is 3.15. The molecule has 4 aromatic rings. The third kappa shape index (κ3) is 2.74. The summed E-state index contributed by atoms with van der Waals surface area (Å²) in [5.74, 6) is 1.09. The predicted molar refractivity (Wildman–Crippen MR) is 86.4 cm³/mol. The monoisotopic (exact) mass is 320 g/mol. The molecule has 1 N–H and O–H groups in total. The van der Waals surface area contributed by atoms with Gasteiger partial charge in [0, 0.05) is 12.1 Å². The van der Waals surface area contributed by atoms with Crippen LogP contribution >= 0.6 is 0 Å². The van der Waals surface area contributed by atoms with E-state index in [-0.39, 0.29) is 17.0 Å². The van der Waals surface area contributed by atoms with E-state index in [9.17, 15) is 4.79 Å². The van der Waals surface area contributed by atoms with Crippen LogP contribution in [0.2, 0.25) is 0 Å². The fourth-order valence-electron chi connectivity index (χ4n) is 2.34. The Bertz CT molecular complexity index is 1030. The molecule has 2 aromatic carbocycles. The van der Waals surface area contributed by atoms with Gasteiger partial charge in [0.1, 0.15) is 17.9 Å². The summed E-state index contributed by atoms with van der Waals surface area (Å²) in [6, 6.07) is 16.3. The Morgan fingerprint density at radius 3 is 2.75 bits per heavy atom. The van der Waals surface area contributed by atoms with E-state index in [1.54, 1.807) is 18.2 Å². The number of nitrogens with one attached hydrogen (secondary N) is 1. The number of fused-ring (bicyclic) bond motifs is 1. The number of aromatic nitrogens is 4. The largest absolute Gasteiger partial charge is 0.489 e. The lowest BCUT2D eigenvalue weighted by Gasteiger charge is -2.07. The highest BCUT2D eigenvalue weighted by atomic mass is 16.5. The Labute approximate surface area is 135 Å². The highest BCUT2D eigenvalue weighted by Gasteiger charge is 2.11. The van der Waals surface area contributed by atoms with Gasteiger partial charge in [0.05, 0.1) is 5.39 Å². The quantitative estimate of drug-likeness (QED) is 0.621. The van der Waals surface area contributed by atoms with Crippen molar-refractivity contribution in [2.24, 2.45) is 0 Å². The Morgan fingerprint density at radius 2 is 1.96 bits per heavy atom. The zero-order chi connectivity index (χ0) is 16.4. The number of rotatable bonds is 4. The van der Waals surface area contributed by atoms with Crippen LogP contribution in [0.4, 0.5) is 0 Å². The van der Waals surface area contributed by atoms with Gasteiger partial charge in [-0.05, 0) is 22.9 Å². The van der Waals surface area contributed by atoms with Gasteiger partial charge in [-0.15, -0.1) is 10.2 Å². The molecule has 0 aliphatic rings. The van der Waals surface area contributed by atoms with E-state index >= 15 is 0 Å². The van der Waals surface area contributed by atoms with Gasteiger partial charge in [-0.3, -0.25) is 4.79 Å². The summed E-state index contributed by atoms with van der Waals surface area (Å²) < 4.78 is 11.5. The molecule has 0 amide bonds. The van der Waals surface area contributed by atoms with Crippen LogP contribution in [0.15, 0.2) is 63.8 Å². The van der Waals surface area contributed by atoms with E-state index < -0.39 is 0 Å². The minimum absolute atomic E-state index is 0.175. The van der Waals surface area contributed by atoms with Gasteiger partial charge >= 0.3 is 0 Å². The van der Waals surface area contributed by atoms with Crippen molar-refractivity contribution in [3.05, 3.63) is 70.4 Å². The van der Waals surface area contributed by atoms with Crippen LogP contribution < -0.4 is 10.2 Å². The lowest BCUT2D eigenvalue weighted by atomic mass is 10.2. The second-order valence-corrected chi connectivity index (χ2v) is 5.14. The second-order valence-electron chi connectivity index (χ2n) is 5.14.